The third kappa shape index (κ3) is 2.62. The number of hydrogen-bond donors (Lipinski definition) is 1. The number of likely N-dealkylation sites (N-methyl/N-ethyl adjacent to an activating group) is 1. The molecule has 10 heteroatoms. The summed E-state index contributed by atoms with van der Waals surface area (Å²) in [5.74, 6) is -1.82. The molecule has 0 spiro atoms. The largest absolute Gasteiger partial charge is 0.477 e. The second-order valence-corrected chi connectivity index (χ2v) is 8.10. The van der Waals surface area contributed by atoms with E-state index in [-0.39, 0.29) is 23.4 Å². The maximum atomic E-state index is 15.4. The second-order valence-electron chi connectivity index (χ2n) is 7.24. The Morgan fingerprint density at radius 2 is 2.00 bits per heavy atom. The van der Waals surface area contributed by atoms with Gasteiger partial charge in [-0.3, -0.25) is 14.2 Å². The normalized spacial score (nSPS) is 16.2. The molecule has 0 saturated carbocycles. The summed E-state index contributed by atoms with van der Waals surface area (Å²) in [7, 11) is 1.64. The van der Waals surface area contributed by atoms with E-state index in [9.17, 15) is 14.7 Å². The summed E-state index contributed by atoms with van der Waals surface area (Å²) in [6.07, 6.45) is 0. The molecule has 30 heavy (non-hydrogen) atoms. The zero-order valence-corrected chi connectivity index (χ0v) is 18.1. The summed E-state index contributed by atoms with van der Waals surface area (Å²) < 4.78 is 17.1. The first-order valence-electron chi connectivity index (χ1n) is 9.48. The summed E-state index contributed by atoms with van der Waals surface area (Å²) in [4.78, 5) is 33.8. The lowest BCUT2D eigenvalue weighted by Gasteiger charge is -2.36. The van der Waals surface area contributed by atoms with Gasteiger partial charge in [0.15, 0.2) is 0 Å². The Labute approximate surface area is 180 Å². The van der Waals surface area contributed by atoms with Gasteiger partial charge in [-0.25, -0.2) is 9.18 Å². The molecule has 0 unspecified atom stereocenters. The second kappa shape index (κ2) is 7.33. The van der Waals surface area contributed by atoms with Crippen molar-refractivity contribution in [3.8, 4) is 0 Å². The number of nitrogens with zero attached hydrogens (tertiary/aromatic N) is 4. The molecule has 1 aromatic carbocycles. The maximum absolute atomic E-state index is 15.4. The molecule has 1 N–H and O–H groups in total. The SMILES string of the molecule is CCN1CCN(c2c(F)cc3c(=O)c(C(=O)O)c4scc5c(=NC)c2c3n45)CC1.Cl. The summed E-state index contributed by atoms with van der Waals surface area (Å²) in [5.41, 5.74) is 0.739. The van der Waals surface area contributed by atoms with Crippen LogP contribution in [-0.4, -0.2) is 60.1 Å². The van der Waals surface area contributed by atoms with Gasteiger partial charge in [-0.1, -0.05) is 6.92 Å². The fraction of sp³-hybridized carbons (Fsp3) is 0.350. The number of carboxylic acids is 1. The highest BCUT2D eigenvalue weighted by Gasteiger charge is 2.29. The maximum Gasteiger partial charge on any atom is 0.342 e. The number of thiazole rings is 1. The highest BCUT2D eigenvalue weighted by molar-refractivity contribution is 7.16. The van der Waals surface area contributed by atoms with Gasteiger partial charge in [0.25, 0.3) is 0 Å². The van der Waals surface area contributed by atoms with Crippen LogP contribution in [0.15, 0.2) is 21.2 Å². The fourth-order valence-electron chi connectivity index (χ4n) is 4.51. The molecule has 1 fully saturated rings. The van der Waals surface area contributed by atoms with Crippen molar-refractivity contribution < 1.29 is 14.3 Å². The van der Waals surface area contributed by atoms with Gasteiger partial charge in [-0.2, -0.15) is 0 Å². The topological polar surface area (TPSA) is 77.6 Å². The lowest BCUT2D eigenvalue weighted by Crippen LogP contribution is -2.46. The van der Waals surface area contributed by atoms with Gasteiger partial charge in [-0.05, 0) is 12.6 Å². The molecule has 0 aliphatic carbocycles. The first kappa shape index (κ1) is 20.8. The molecule has 4 aromatic rings. The van der Waals surface area contributed by atoms with Crippen molar-refractivity contribution in [2.45, 2.75) is 6.92 Å². The van der Waals surface area contributed by atoms with Crippen molar-refractivity contribution in [3.63, 3.8) is 0 Å². The predicted octanol–water partition coefficient (Wildman–Crippen LogP) is 2.47. The summed E-state index contributed by atoms with van der Waals surface area (Å²) in [5, 5.41) is 12.7. The van der Waals surface area contributed by atoms with E-state index >= 15 is 4.39 Å². The van der Waals surface area contributed by atoms with Gasteiger partial charge in [0.2, 0.25) is 5.43 Å². The Bertz CT molecular complexity index is 1390. The van der Waals surface area contributed by atoms with Crippen molar-refractivity contribution in [2.75, 3.05) is 44.7 Å². The van der Waals surface area contributed by atoms with Crippen LogP contribution in [0.2, 0.25) is 0 Å². The van der Waals surface area contributed by atoms with Crippen molar-refractivity contribution >= 4 is 62.0 Å². The van der Waals surface area contributed by atoms with Crippen LogP contribution >= 0.6 is 23.7 Å². The average molecular weight is 451 g/mol. The summed E-state index contributed by atoms with van der Waals surface area (Å²) in [6.45, 7) is 6.08. The van der Waals surface area contributed by atoms with E-state index in [1.807, 2.05) is 4.90 Å². The van der Waals surface area contributed by atoms with Crippen LogP contribution in [0.3, 0.4) is 0 Å². The van der Waals surface area contributed by atoms with E-state index in [1.165, 1.54) is 17.4 Å². The Hall–Kier alpha value is -2.49. The van der Waals surface area contributed by atoms with Crippen molar-refractivity contribution in [1.29, 1.82) is 0 Å². The van der Waals surface area contributed by atoms with E-state index in [2.05, 4.69) is 16.8 Å². The molecule has 4 heterocycles. The number of pyridine rings is 1. The minimum Gasteiger partial charge on any atom is -0.477 e. The van der Waals surface area contributed by atoms with Gasteiger partial charge in [0, 0.05) is 38.6 Å². The highest BCUT2D eigenvalue weighted by atomic mass is 35.5. The molecule has 0 atom stereocenters. The minimum absolute atomic E-state index is 0. The molecule has 158 valence electrons. The zero-order chi connectivity index (χ0) is 20.4. The number of carbonyl (C=O) groups is 1. The summed E-state index contributed by atoms with van der Waals surface area (Å²) in [6, 6.07) is 1.20. The number of carboxylic acid groups (broad SMARTS) is 1. The minimum atomic E-state index is -1.30. The molecule has 1 aliphatic heterocycles. The number of piperazine rings is 1. The molecule has 7 nitrogen and oxygen atoms in total. The zero-order valence-electron chi connectivity index (χ0n) is 16.4. The number of halogens is 2. The third-order valence-electron chi connectivity index (χ3n) is 5.91. The quantitative estimate of drug-likeness (QED) is 0.519. The predicted molar refractivity (Wildman–Crippen MR) is 119 cm³/mol. The van der Waals surface area contributed by atoms with Crippen molar-refractivity contribution in [3.05, 3.63) is 38.4 Å². The van der Waals surface area contributed by atoms with Crippen LogP contribution in [0, 0.1) is 5.82 Å². The van der Waals surface area contributed by atoms with Crippen LogP contribution in [0.4, 0.5) is 10.1 Å². The lowest BCUT2D eigenvalue weighted by atomic mass is 10.1. The molecular weight excluding hydrogens is 431 g/mol. The van der Waals surface area contributed by atoms with Gasteiger partial charge < -0.3 is 14.9 Å². The number of aromatic carboxylic acids is 1. The van der Waals surface area contributed by atoms with E-state index in [0.29, 0.717) is 45.4 Å². The molecular formula is C20H20ClFN4O3S. The van der Waals surface area contributed by atoms with E-state index < -0.39 is 17.2 Å². The first-order chi connectivity index (χ1) is 14.0. The molecule has 1 saturated heterocycles. The number of anilines is 1. The van der Waals surface area contributed by atoms with Gasteiger partial charge in [0.1, 0.15) is 16.2 Å². The first-order valence-corrected chi connectivity index (χ1v) is 10.4. The van der Waals surface area contributed by atoms with E-state index in [4.69, 9.17) is 0 Å². The number of rotatable bonds is 3. The molecule has 1 aliphatic rings. The van der Waals surface area contributed by atoms with E-state index in [0.717, 1.165) is 19.6 Å². The average Bonchev–Trinajstić information content (AvgIpc) is 3.26. The smallest absolute Gasteiger partial charge is 0.342 e. The van der Waals surface area contributed by atoms with Crippen LogP contribution < -0.4 is 15.7 Å². The molecule has 0 radical (unpaired) electrons. The fourth-order valence-corrected chi connectivity index (χ4v) is 5.55. The molecule has 0 bridgehead atoms. The number of benzene rings is 1. The monoisotopic (exact) mass is 450 g/mol. The summed E-state index contributed by atoms with van der Waals surface area (Å²) >= 11 is 1.20. The number of hydrogen-bond acceptors (Lipinski definition) is 6. The standard InChI is InChI=1S/C20H19FN4O3S.ClH/c1-3-23-4-6-24(7-5-23)17-11(21)8-10-16-13(17)15(22-2)12-9-29-19(25(12)16)14(18(10)26)20(27)28;/h8-9H,3-7H2,1-2H3,(H,27,28);1H. The Morgan fingerprint density at radius 1 is 1.30 bits per heavy atom. The Morgan fingerprint density at radius 3 is 2.60 bits per heavy atom. The van der Waals surface area contributed by atoms with Gasteiger partial charge in [0.05, 0.1) is 32.9 Å². The van der Waals surface area contributed by atoms with Gasteiger partial charge in [-0.15, -0.1) is 23.7 Å². The molecule has 3 aromatic heterocycles. The van der Waals surface area contributed by atoms with Crippen LogP contribution in [0.1, 0.15) is 17.3 Å². The van der Waals surface area contributed by atoms with Crippen LogP contribution in [-0.2, 0) is 0 Å². The lowest BCUT2D eigenvalue weighted by molar-refractivity contribution is 0.0697. The van der Waals surface area contributed by atoms with Gasteiger partial charge >= 0.3 is 5.97 Å². The van der Waals surface area contributed by atoms with E-state index in [1.54, 1.807) is 16.8 Å². The van der Waals surface area contributed by atoms with Crippen molar-refractivity contribution in [2.24, 2.45) is 4.99 Å². The van der Waals surface area contributed by atoms with Crippen LogP contribution in [0.5, 0.6) is 0 Å². The Kier molecular flexibility index (Phi) is 5.08. The molecule has 0 amide bonds. The third-order valence-corrected chi connectivity index (χ3v) is 6.87. The highest BCUT2D eigenvalue weighted by Crippen LogP contribution is 2.36. The number of aromatic nitrogens is 1. The Balaban J connectivity index is 0.00000218. The van der Waals surface area contributed by atoms with Crippen molar-refractivity contribution in [1.82, 2.24) is 9.30 Å². The molecule has 5 rings (SSSR count). The van der Waals surface area contributed by atoms with Crippen LogP contribution in [0.25, 0.3) is 26.6 Å².